The summed E-state index contributed by atoms with van der Waals surface area (Å²) in [7, 11) is 0. The first-order valence-electron chi connectivity index (χ1n) is 20.0. The van der Waals surface area contributed by atoms with E-state index >= 15 is 0 Å². The molecule has 0 bridgehead atoms. The quantitative estimate of drug-likeness (QED) is 0.182. The Balaban J connectivity index is 1.19. The molecular weight excluding hydrogens is 667 g/mol. The first kappa shape index (κ1) is 32.1. The van der Waals surface area contributed by atoms with E-state index in [0.29, 0.717) is 0 Å². The van der Waals surface area contributed by atoms with Crippen molar-refractivity contribution in [2.24, 2.45) is 4.99 Å². The van der Waals surface area contributed by atoms with E-state index in [2.05, 4.69) is 141 Å². The van der Waals surface area contributed by atoms with Gasteiger partial charge in [0.15, 0.2) is 0 Å². The van der Waals surface area contributed by atoms with Crippen molar-refractivity contribution in [3.63, 3.8) is 0 Å². The molecule has 2 aromatic heterocycles. The number of aryl methyl sites for hydroxylation is 2. The predicted octanol–water partition coefficient (Wildman–Crippen LogP) is 12.7. The molecular formula is C48H51N3OS. The van der Waals surface area contributed by atoms with Crippen molar-refractivity contribution in [1.82, 2.24) is 9.55 Å². The van der Waals surface area contributed by atoms with E-state index < -0.39 is 16.7 Å². The fourth-order valence-corrected chi connectivity index (χ4v) is 10.2. The van der Waals surface area contributed by atoms with Gasteiger partial charge >= 0.3 is 0 Å². The number of nitrogens with zero attached hydrogens (tertiary/aromatic N) is 3. The van der Waals surface area contributed by atoms with Gasteiger partial charge in [-0.25, -0.2) is 4.98 Å². The molecule has 0 fully saturated rings. The second-order valence-corrected chi connectivity index (χ2v) is 19.3. The third-order valence-corrected chi connectivity index (χ3v) is 14.2. The lowest BCUT2D eigenvalue weighted by Crippen LogP contribution is -2.36. The fraction of sp³-hybridized carbons (Fsp3) is 0.375. The highest BCUT2D eigenvalue weighted by atomic mass is 32.2. The minimum Gasteiger partial charge on any atom is -0.457 e. The Bertz CT molecular complexity index is 2700. The summed E-state index contributed by atoms with van der Waals surface area (Å²) >= 11 is 1.69. The standard InChI is InChI=1S/C48H51N3OS/c1-26(2)30-19-31(44-50-47(11)25-36-29(5)27(3)15-16-37(36)48(47,12)53-44)21-33(20-30)52-41-24-40-34(18-28(41)4)35-22-32(45(6,7)8)23-39-42(35)51(40)43-38(46(39,9)10)14-13-17-49-43/h13-24,26H,25H2,1-12H3/t47-,48+/m1/s1/i25D2. The van der Waals surface area contributed by atoms with Crippen LogP contribution < -0.4 is 4.74 Å². The number of fused-ring (bicyclic) bond motifs is 8. The molecule has 0 spiro atoms. The minimum atomic E-state index is -1.62. The maximum absolute atomic E-state index is 9.51. The number of rotatable bonds is 4. The zero-order valence-electron chi connectivity index (χ0n) is 35.2. The van der Waals surface area contributed by atoms with Crippen LogP contribution in [0.2, 0.25) is 0 Å². The molecule has 2 atom stereocenters. The van der Waals surface area contributed by atoms with Crippen LogP contribution in [0.15, 0.2) is 77.9 Å². The Morgan fingerprint density at radius 3 is 2.38 bits per heavy atom. The molecule has 0 saturated carbocycles. The number of aromatic nitrogens is 2. The average molecular weight is 720 g/mol. The monoisotopic (exact) mass is 719 g/mol. The number of benzene rings is 4. The second-order valence-electron chi connectivity index (χ2n) is 17.9. The summed E-state index contributed by atoms with van der Waals surface area (Å²) in [6.45, 7) is 26.4. The number of hydrogen-bond donors (Lipinski definition) is 0. The van der Waals surface area contributed by atoms with Gasteiger partial charge in [0.25, 0.3) is 0 Å². The summed E-state index contributed by atoms with van der Waals surface area (Å²) in [5.74, 6) is 2.77. The third-order valence-electron chi connectivity index (χ3n) is 12.6. The predicted molar refractivity (Wildman–Crippen MR) is 224 cm³/mol. The average Bonchev–Trinajstić information content (AvgIpc) is 3.63. The third kappa shape index (κ3) is 4.81. The minimum absolute atomic E-state index is 0.0127. The van der Waals surface area contributed by atoms with Crippen LogP contribution in [-0.2, 0) is 21.9 Å². The van der Waals surface area contributed by atoms with Crippen LogP contribution >= 0.6 is 11.8 Å². The molecule has 0 amide bonds. The van der Waals surface area contributed by atoms with Crippen LogP contribution in [0, 0.1) is 20.8 Å². The van der Waals surface area contributed by atoms with Gasteiger partial charge in [0, 0.05) is 42.3 Å². The summed E-state index contributed by atoms with van der Waals surface area (Å²) < 4.78 is 27.8. The Morgan fingerprint density at radius 2 is 1.64 bits per heavy atom. The van der Waals surface area contributed by atoms with Crippen molar-refractivity contribution < 1.29 is 7.48 Å². The van der Waals surface area contributed by atoms with Gasteiger partial charge in [0.05, 0.1) is 26.4 Å². The highest BCUT2D eigenvalue weighted by Gasteiger charge is 2.57. The molecule has 2 aliphatic heterocycles. The second kappa shape index (κ2) is 11.1. The molecule has 4 nitrogen and oxygen atoms in total. The summed E-state index contributed by atoms with van der Waals surface area (Å²) in [6, 6.07) is 24.3. The van der Waals surface area contributed by atoms with E-state index in [0.717, 1.165) is 66.8 Å². The van der Waals surface area contributed by atoms with Crippen molar-refractivity contribution >= 4 is 38.6 Å². The Labute approximate surface area is 321 Å². The van der Waals surface area contributed by atoms with Gasteiger partial charge in [-0.3, -0.25) is 9.56 Å². The molecule has 0 unspecified atom stereocenters. The Morgan fingerprint density at radius 1 is 0.868 bits per heavy atom. The highest BCUT2D eigenvalue weighted by Crippen LogP contribution is 2.61. The van der Waals surface area contributed by atoms with E-state index in [4.69, 9.17) is 14.7 Å². The molecule has 3 aliphatic rings. The summed E-state index contributed by atoms with van der Waals surface area (Å²) in [5.41, 5.74) is 12.1. The van der Waals surface area contributed by atoms with Crippen LogP contribution in [0.5, 0.6) is 11.5 Å². The van der Waals surface area contributed by atoms with Crippen LogP contribution in [0.4, 0.5) is 0 Å². The lowest BCUT2D eigenvalue weighted by molar-refractivity contribution is 0.407. The van der Waals surface area contributed by atoms with Crippen LogP contribution in [0.3, 0.4) is 0 Å². The lowest BCUT2D eigenvalue weighted by Gasteiger charge is -2.35. The van der Waals surface area contributed by atoms with E-state index in [1.165, 1.54) is 33.0 Å². The molecule has 6 aromatic rings. The van der Waals surface area contributed by atoms with E-state index in [-0.39, 0.29) is 16.7 Å². The smallest absolute Gasteiger partial charge is 0.141 e. The normalized spacial score (nSPS) is 22.8. The highest BCUT2D eigenvalue weighted by molar-refractivity contribution is 8.15. The molecule has 0 radical (unpaired) electrons. The van der Waals surface area contributed by atoms with Crippen molar-refractivity contribution in [3.8, 4) is 17.3 Å². The fourth-order valence-electron chi connectivity index (χ4n) is 8.82. The van der Waals surface area contributed by atoms with Crippen molar-refractivity contribution in [2.45, 2.75) is 116 Å². The van der Waals surface area contributed by atoms with Gasteiger partial charge in [-0.15, -0.1) is 0 Å². The molecule has 4 aromatic carbocycles. The van der Waals surface area contributed by atoms with Gasteiger partial charge in [-0.2, -0.15) is 0 Å². The summed E-state index contributed by atoms with van der Waals surface area (Å²) in [5, 5.41) is 3.30. The van der Waals surface area contributed by atoms with Crippen molar-refractivity contribution in [2.75, 3.05) is 0 Å². The maximum Gasteiger partial charge on any atom is 0.141 e. The Kier molecular flexibility index (Phi) is 6.73. The van der Waals surface area contributed by atoms with Crippen LogP contribution in [0.25, 0.3) is 27.6 Å². The molecule has 0 saturated heterocycles. The van der Waals surface area contributed by atoms with Gasteiger partial charge in [-0.1, -0.05) is 84.5 Å². The number of thioether (sulfide) groups is 1. The molecule has 53 heavy (non-hydrogen) atoms. The summed E-state index contributed by atoms with van der Waals surface area (Å²) in [4.78, 5) is 10.3. The topological polar surface area (TPSA) is 39.4 Å². The van der Waals surface area contributed by atoms with Gasteiger partial charge in [-0.05, 0) is 133 Å². The summed E-state index contributed by atoms with van der Waals surface area (Å²) in [6.07, 6.45) is 0.275. The molecule has 4 heterocycles. The van der Waals surface area contributed by atoms with Crippen LogP contribution in [0.1, 0.15) is 127 Å². The van der Waals surface area contributed by atoms with Gasteiger partial charge < -0.3 is 4.74 Å². The van der Waals surface area contributed by atoms with Gasteiger partial charge in [0.2, 0.25) is 0 Å². The molecule has 1 aliphatic carbocycles. The Hall–Kier alpha value is -4.35. The number of hydrogen-bond acceptors (Lipinski definition) is 4. The van der Waals surface area contributed by atoms with E-state index in [1.54, 1.807) is 11.8 Å². The van der Waals surface area contributed by atoms with E-state index in [1.807, 2.05) is 20.0 Å². The number of aliphatic imine (C=N–C) groups is 1. The number of ether oxygens (including phenoxy) is 1. The lowest BCUT2D eigenvalue weighted by atomic mass is 9.73. The molecule has 9 rings (SSSR count). The zero-order valence-corrected chi connectivity index (χ0v) is 34.0. The first-order valence-corrected chi connectivity index (χ1v) is 19.8. The maximum atomic E-state index is 9.51. The molecule has 0 N–H and O–H groups in total. The van der Waals surface area contributed by atoms with Gasteiger partial charge in [0.1, 0.15) is 17.3 Å². The first-order chi connectivity index (χ1) is 25.7. The molecule has 270 valence electrons. The number of pyridine rings is 1. The SMILES string of the molecule is [2H]C1([2H])c2c(ccc(C)c2C)[C@]2(C)SC(c3cc(Oc4cc5c(cc4C)c4cc(C(C)(C)C)cc6c4n5-c4ncccc4C6(C)C)cc(C(C)C)c3)=N[C@]12C. The largest absolute Gasteiger partial charge is 0.457 e. The van der Waals surface area contributed by atoms with Crippen molar-refractivity contribution in [1.29, 1.82) is 0 Å². The van der Waals surface area contributed by atoms with Crippen LogP contribution in [-0.4, -0.2) is 20.1 Å². The molecule has 5 heteroatoms. The van der Waals surface area contributed by atoms with E-state index in [9.17, 15) is 2.74 Å². The zero-order chi connectivity index (χ0) is 39.4. The van der Waals surface area contributed by atoms with Crippen molar-refractivity contribution in [3.05, 3.63) is 129 Å².